The molecular weight excluding hydrogens is 218 g/mol. The molecule has 3 aliphatic rings. The van der Waals surface area contributed by atoms with E-state index in [1.165, 1.54) is 25.7 Å². The van der Waals surface area contributed by atoms with Gasteiger partial charge >= 0.3 is 0 Å². The number of hydrogen-bond acceptors (Lipinski definition) is 1. The predicted molar refractivity (Wildman–Crippen MR) is 77.5 cm³/mol. The van der Waals surface area contributed by atoms with Gasteiger partial charge in [-0.05, 0) is 81.6 Å². The van der Waals surface area contributed by atoms with Gasteiger partial charge in [0.15, 0.2) is 0 Å². The van der Waals surface area contributed by atoms with Crippen molar-refractivity contribution in [2.75, 3.05) is 7.05 Å². The second-order valence-corrected chi connectivity index (χ2v) is 7.41. The van der Waals surface area contributed by atoms with Gasteiger partial charge in [0, 0.05) is 6.04 Å². The summed E-state index contributed by atoms with van der Waals surface area (Å²) in [7, 11) is 2.19. The van der Waals surface area contributed by atoms with E-state index in [-0.39, 0.29) is 0 Å². The van der Waals surface area contributed by atoms with Gasteiger partial charge in [-0.1, -0.05) is 19.8 Å². The smallest absolute Gasteiger partial charge is 0.00926 e. The summed E-state index contributed by atoms with van der Waals surface area (Å²) >= 11 is 0. The average molecular weight is 249 g/mol. The third-order valence-electron chi connectivity index (χ3n) is 6.53. The minimum Gasteiger partial charge on any atom is -0.317 e. The summed E-state index contributed by atoms with van der Waals surface area (Å²) in [4.78, 5) is 0. The van der Waals surface area contributed by atoms with Crippen LogP contribution in [0, 0.1) is 29.6 Å². The standard InChI is InChI=1S/C17H31N/c1-3-12-5-7-17(18-2)16(8-12)11-15-10-13-4-6-14(15)9-13/h12-18H,3-11H2,1-2H3. The van der Waals surface area contributed by atoms with Crippen LogP contribution in [0.3, 0.4) is 0 Å². The molecule has 6 atom stereocenters. The van der Waals surface area contributed by atoms with Crippen molar-refractivity contribution in [1.29, 1.82) is 0 Å². The molecule has 3 saturated carbocycles. The maximum atomic E-state index is 3.62. The van der Waals surface area contributed by atoms with Crippen LogP contribution in [0.15, 0.2) is 0 Å². The van der Waals surface area contributed by atoms with Crippen molar-refractivity contribution in [2.24, 2.45) is 29.6 Å². The Morgan fingerprint density at radius 2 is 1.83 bits per heavy atom. The van der Waals surface area contributed by atoms with Gasteiger partial charge < -0.3 is 5.32 Å². The minimum absolute atomic E-state index is 0.826. The molecule has 0 spiro atoms. The second kappa shape index (κ2) is 5.53. The van der Waals surface area contributed by atoms with Crippen molar-refractivity contribution < 1.29 is 0 Å². The van der Waals surface area contributed by atoms with E-state index in [2.05, 4.69) is 19.3 Å². The van der Waals surface area contributed by atoms with E-state index in [1.54, 1.807) is 32.1 Å². The highest BCUT2D eigenvalue weighted by Gasteiger charge is 2.41. The molecule has 0 aromatic carbocycles. The van der Waals surface area contributed by atoms with Crippen LogP contribution in [0.1, 0.15) is 64.7 Å². The Morgan fingerprint density at radius 3 is 2.44 bits per heavy atom. The van der Waals surface area contributed by atoms with Crippen LogP contribution in [0.4, 0.5) is 0 Å². The summed E-state index contributed by atoms with van der Waals surface area (Å²) in [6.45, 7) is 2.39. The van der Waals surface area contributed by atoms with Crippen molar-refractivity contribution in [3.8, 4) is 0 Å². The molecule has 0 saturated heterocycles. The molecule has 18 heavy (non-hydrogen) atoms. The summed E-state index contributed by atoms with van der Waals surface area (Å²) in [5, 5.41) is 3.62. The highest BCUT2D eigenvalue weighted by molar-refractivity contribution is 4.93. The van der Waals surface area contributed by atoms with Crippen LogP contribution in [-0.2, 0) is 0 Å². The SMILES string of the molecule is CCC1CCC(NC)C(CC2CC3CCC2C3)C1. The number of rotatable bonds is 4. The Kier molecular flexibility index (Phi) is 3.98. The molecule has 0 aliphatic heterocycles. The molecule has 0 heterocycles. The molecule has 6 unspecified atom stereocenters. The monoisotopic (exact) mass is 249 g/mol. The fourth-order valence-electron chi connectivity index (χ4n) is 5.43. The van der Waals surface area contributed by atoms with Gasteiger partial charge in [0.25, 0.3) is 0 Å². The molecule has 0 radical (unpaired) electrons. The zero-order chi connectivity index (χ0) is 12.5. The largest absolute Gasteiger partial charge is 0.317 e. The molecule has 3 aliphatic carbocycles. The van der Waals surface area contributed by atoms with Crippen LogP contribution in [0.5, 0.6) is 0 Å². The fraction of sp³-hybridized carbons (Fsp3) is 1.00. The van der Waals surface area contributed by atoms with Crippen molar-refractivity contribution in [3.05, 3.63) is 0 Å². The quantitative estimate of drug-likeness (QED) is 0.786. The number of hydrogen-bond donors (Lipinski definition) is 1. The normalized spacial score (nSPS) is 47.7. The van der Waals surface area contributed by atoms with Crippen LogP contribution in [-0.4, -0.2) is 13.1 Å². The van der Waals surface area contributed by atoms with E-state index in [9.17, 15) is 0 Å². The lowest BCUT2D eigenvalue weighted by molar-refractivity contribution is 0.155. The second-order valence-electron chi connectivity index (χ2n) is 7.41. The molecule has 1 nitrogen and oxygen atoms in total. The highest BCUT2D eigenvalue weighted by atomic mass is 14.9. The zero-order valence-corrected chi connectivity index (χ0v) is 12.3. The van der Waals surface area contributed by atoms with E-state index in [0.29, 0.717) is 0 Å². The molecular formula is C17H31N. The average Bonchev–Trinajstić information content (AvgIpc) is 3.01. The Morgan fingerprint density at radius 1 is 0.944 bits per heavy atom. The molecule has 3 fully saturated rings. The maximum Gasteiger partial charge on any atom is 0.00926 e. The van der Waals surface area contributed by atoms with E-state index < -0.39 is 0 Å². The zero-order valence-electron chi connectivity index (χ0n) is 12.3. The number of nitrogens with one attached hydrogen (secondary N) is 1. The molecule has 0 aromatic rings. The number of fused-ring (bicyclic) bond motifs is 2. The first-order valence-corrected chi connectivity index (χ1v) is 8.47. The predicted octanol–water partition coefficient (Wildman–Crippen LogP) is 4.23. The summed E-state index contributed by atoms with van der Waals surface area (Å²) in [5.74, 6) is 5.35. The summed E-state index contributed by atoms with van der Waals surface area (Å²) < 4.78 is 0. The maximum absolute atomic E-state index is 3.62. The van der Waals surface area contributed by atoms with Crippen molar-refractivity contribution >= 4 is 0 Å². The fourth-order valence-corrected chi connectivity index (χ4v) is 5.43. The Labute approximate surface area is 113 Å². The first-order valence-electron chi connectivity index (χ1n) is 8.47. The Balaban J connectivity index is 1.58. The van der Waals surface area contributed by atoms with Gasteiger partial charge in [0.05, 0.1) is 0 Å². The lowest BCUT2D eigenvalue weighted by Gasteiger charge is -2.38. The molecule has 1 N–H and O–H groups in total. The lowest BCUT2D eigenvalue weighted by atomic mass is 9.71. The molecule has 3 rings (SSSR count). The van der Waals surface area contributed by atoms with Gasteiger partial charge in [-0.3, -0.25) is 0 Å². The van der Waals surface area contributed by atoms with Crippen molar-refractivity contribution in [3.63, 3.8) is 0 Å². The van der Waals surface area contributed by atoms with E-state index in [4.69, 9.17) is 0 Å². The summed E-state index contributed by atoms with van der Waals surface area (Å²) in [6.07, 6.45) is 13.6. The first-order chi connectivity index (χ1) is 8.80. The molecule has 104 valence electrons. The third-order valence-corrected chi connectivity index (χ3v) is 6.53. The van der Waals surface area contributed by atoms with Gasteiger partial charge in [-0.25, -0.2) is 0 Å². The summed E-state index contributed by atoms with van der Waals surface area (Å²) in [6, 6.07) is 0.826. The highest BCUT2D eigenvalue weighted by Crippen LogP contribution is 2.51. The van der Waals surface area contributed by atoms with E-state index in [1.807, 2.05) is 0 Å². The molecule has 0 amide bonds. The van der Waals surface area contributed by atoms with Crippen LogP contribution in [0.25, 0.3) is 0 Å². The van der Waals surface area contributed by atoms with Gasteiger partial charge in [0.2, 0.25) is 0 Å². The molecule has 0 aromatic heterocycles. The van der Waals surface area contributed by atoms with Gasteiger partial charge in [-0.2, -0.15) is 0 Å². The van der Waals surface area contributed by atoms with E-state index in [0.717, 1.165) is 35.6 Å². The van der Waals surface area contributed by atoms with E-state index >= 15 is 0 Å². The van der Waals surface area contributed by atoms with Crippen molar-refractivity contribution in [2.45, 2.75) is 70.8 Å². The molecule has 2 bridgehead atoms. The topological polar surface area (TPSA) is 12.0 Å². The van der Waals surface area contributed by atoms with Crippen LogP contribution < -0.4 is 5.32 Å². The van der Waals surface area contributed by atoms with Crippen LogP contribution >= 0.6 is 0 Å². The minimum atomic E-state index is 0.826. The van der Waals surface area contributed by atoms with Gasteiger partial charge in [0.1, 0.15) is 0 Å². The Bertz CT molecular complexity index is 275. The lowest BCUT2D eigenvalue weighted by Crippen LogP contribution is -2.40. The molecule has 1 heteroatoms. The Hall–Kier alpha value is -0.0400. The van der Waals surface area contributed by atoms with Gasteiger partial charge in [-0.15, -0.1) is 0 Å². The van der Waals surface area contributed by atoms with Crippen LogP contribution in [0.2, 0.25) is 0 Å². The third kappa shape index (κ3) is 2.48. The first kappa shape index (κ1) is 13.0. The summed E-state index contributed by atoms with van der Waals surface area (Å²) in [5.41, 5.74) is 0. The van der Waals surface area contributed by atoms with Crippen molar-refractivity contribution in [1.82, 2.24) is 5.32 Å².